The molecular weight excluding hydrogens is 386 g/mol. The van der Waals surface area contributed by atoms with Crippen molar-refractivity contribution in [1.82, 2.24) is 10.3 Å². The maximum absolute atomic E-state index is 13.1. The third-order valence-electron chi connectivity index (χ3n) is 4.47. The minimum Gasteiger partial charge on any atom is -0.334 e. The van der Waals surface area contributed by atoms with Crippen LogP contribution in [0.15, 0.2) is 70.7 Å². The molecule has 0 saturated carbocycles. The summed E-state index contributed by atoms with van der Waals surface area (Å²) in [6.07, 6.45) is 3.34. The standard InChI is InChI=1S/C22H23N3O3S/c1-15-11-16(2)21(17(3)12-15)29(27,28)20-8-6-19(7-9-20)25-22(26)24-14-18-5-4-10-23-13-18/h4-13H,14H2,1-3H3,(H2,24,25,26). The van der Waals surface area contributed by atoms with Gasteiger partial charge in [0.15, 0.2) is 0 Å². The van der Waals surface area contributed by atoms with E-state index in [1.165, 1.54) is 12.1 Å². The summed E-state index contributed by atoms with van der Waals surface area (Å²) in [5.74, 6) is 0. The SMILES string of the molecule is Cc1cc(C)c(S(=O)(=O)c2ccc(NC(=O)NCc3cccnc3)cc2)c(C)c1. The summed E-state index contributed by atoms with van der Waals surface area (Å²) in [5.41, 5.74) is 3.85. The van der Waals surface area contributed by atoms with Gasteiger partial charge in [0.1, 0.15) is 0 Å². The highest BCUT2D eigenvalue weighted by Gasteiger charge is 2.22. The summed E-state index contributed by atoms with van der Waals surface area (Å²) in [4.78, 5) is 16.6. The van der Waals surface area contributed by atoms with E-state index in [1.807, 2.05) is 25.1 Å². The molecule has 1 heterocycles. The summed E-state index contributed by atoms with van der Waals surface area (Å²) < 4.78 is 26.1. The molecule has 0 unspecified atom stereocenters. The Labute approximate surface area is 170 Å². The number of sulfone groups is 1. The van der Waals surface area contributed by atoms with Crippen LogP contribution in [0.1, 0.15) is 22.3 Å². The van der Waals surface area contributed by atoms with Crippen molar-refractivity contribution in [2.45, 2.75) is 37.1 Å². The van der Waals surface area contributed by atoms with E-state index in [0.717, 1.165) is 22.3 Å². The summed E-state index contributed by atoms with van der Waals surface area (Å²) in [6.45, 7) is 5.89. The normalized spacial score (nSPS) is 11.1. The second kappa shape index (κ2) is 8.45. The molecule has 0 aliphatic rings. The van der Waals surface area contributed by atoms with Crippen LogP contribution in [0.25, 0.3) is 0 Å². The number of aromatic nitrogens is 1. The lowest BCUT2D eigenvalue weighted by molar-refractivity contribution is 0.251. The second-order valence-corrected chi connectivity index (χ2v) is 8.81. The molecule has 3 aromatic rings. The van der Waals surface area contributed by atoms with Crippen LogP contribution in [0.4, 0.5) is 10.5 Å². The number of pyridine rings is 1. The number of carbonyl (C=O) groups excluding carboxylic acids is 1. The van der Waals surface area contributed by atoms with E-state index in [-0.39, 0.29) is 10.9 Å². The third kappa shape index (κ3) is 4.81. The first-order valence-corrected chi connectivity index (χ1v) is 10.6. The number of nitrogens with zero attached hydrogens (tertiary/aromatic N) is 1. The second-order valence-electron chi connectivity index (χ2n) is 6.92. The van der Waals surface area contributed by atoms with Crippen LogP contribution >= 0.6 is 0 Å². The van der Waals surface area contributed by atoms with Gasteiger partial charge in [-0.3, -0.25) is 4.98 Å². The molecular formula is C22H23N3O3S. The van der Waals surface area contributed by atoms with Crippen molar-refractivity contribution in [3.05, 3.63) is 83.2 Å². The molecule has 0 radical (unpaired) electrons. The van der Waals surface area contributed by atoms with Gasteiger partial charge in [0.05, 0.1) is 9.79 Å². The highest BCUT2D eigenvalue weighted by molar-refractivity contribution is 7.91. The van der Waals surface area contributed by atoms with Gasteiger partial charge in [-0.25, -0.2) is 13.2 Å². The van der Waals surface area contributed by atoms with Crippen LogP contribution in [0.2, 0.25) is 0 Å². The number of urea groups is 1. The molecule has 0 atom stereocenters. The Morgan fingerprint density at radius 3 is 2.24 bits per heavy atom. The first-order valence-electron chi connectivity index (χ1n) is 9.14. The van der Waals surface area contributed by atoms with Gasteiger partial charge in [0.25, 0.3) is 0 Å². The molecule has 2 N–H and O–H groups in total. The molecule has 29 heavy (non-hydrogen) atoms. The molecule has 1 aromatic heterocycles. The lowest BCUT2D eigenvalue weighted by Crippen LogP contribution is -2.28. The van der Waals surface area contributed by atoms with Gasteiger partial charge >= 0.3 is 6.03 Å². The molecule has 3 rings (SSSR count). The van der Waals surface area contributed by atoms with Crippen LogP contribution in [0.3, 0.4) is 0 Å². The van der Waals surface area contributed by atoms with Crippen LogP contribution in [0.5, 0.6) is 0 Å². The highest BCUT2D eigenvalue weighted by Crippen LogP contribution is 2.28. The van der Waals surface area contributed by atoms with Crippen LogP contribution in [-0.2, 0) is 16.4 Å². The predicted molar refractivity (Wildman–Crippen MR) is 113 cm³/mol. The first-order chi connectivity index (χ1) is 13.8. The van der Waals surface area contributed by atoms with Gasteiger partial charge < -0.3 is 10.6 Å². The molecule has 2 aromatic carbocycles. The molecule has 7 heteroatoms. The Morgan fingerprint density at radius 1 is 1.00 bits per heavy atom. The molecule has 0 spiro atoms. The van der Waals surface area contributed by atoms with E-state index in [2.05, 4.69) is 15.6 Å². The van der Waals surface area contributed by atoms with Gasteiger partial charge in [-0.1, -0.05) is 23.8 Å². The Hall–Kier alpha value is -3.19. The summed E-state index contributed by atoms with van der Waals surface area (Å²) in [6, 6.07) is 13.2. The Bertz CT molecular complexity index is 1100. The van der Waals surface area contributed by atoms with Gasteiger partial charge in [-0.2, -0.15) is 0 Å². The van der Waals surface area contributed by atoms with Gasteiger partial charge in [0, 0.05) is 24.6 Å². The number of anilines is 1. The fourth-order valence-corrected chi connectivity index (χ4v) is 4.98. The third-order valence-corrected chi connectivity index (χ3v) is 6.55. The van der Waals surface area contributed by atoms with E-state index >= 15 is 0 Å². The van der Waals surface area contributed by atoms with E-state index in [1.54, 1.807) is 44.4 Å². The lowest BCUT2D eigenvalue weighted by atomic mass is 10.1. The van der Waals surface area contributed by atoms with E-state index in [0.29, 0.717) is 17.1 Å². The van der Waals surface area contributed by atoms with Crippen molar-refractivity contribution in [2.75, 3.05) is 5.32 Å². The van der Waals surface area contributed by atoms with Crippen molar-refractivity contribution < 1.29 is 13.2 Å². The molecule has 0 bridgehead atoms. The van der Waals surface area contributed by atoms with Crippen LogP contribution in [-0.4, -0.2) is 19.4 Å². The highest BCUT2D eigenvalue weighted by atomic mass is 32.2. The lowest BCUT2D eigenvalue weighted by Gasteiger charge is -2.13. The number of nitrogens with one attached hydrogen (secondary N) is 2. The monoisotopic (exact) mass is 409 g/mol. The molecule has 0 saturated heterocycles. The number of rotatable bonds is 5. The summed E-state index contributed by atoms with van der Waals surface area (Å²) >= 11 is 0. The quantitative estimate of drug-likeness (QED) is 0.662. The minimum absolute atomic E-state index is 0.189. The zero-order valence-electron chi connectivity index (χ0n) is 16.6. The maximum Gasteiger partial charge on any atom is 0.319 e. The van der Waals surface area contributed by atoms with Gasteiger partial charge in [-0.15, -0.1) is 0 Å². The molecule has 0 aliphatic carbocycles. The maximum atomic E-state index is 13.1. The Morgan fingerprint density at radius 2 is 1.66 bits per heavy atom. The van der Waals surface area contributed by atoms with Crippen LogP contribution in [0, 0.1) is 20.8 Å². The molecule has 0 fully saturated rings. The molecule has 2 amide bonds. The molecule has 0 aliphatic heterocycles. The number of hydrogen-bond acceptors (Lipinski definition) is 4. The number of hydrogen-bond donors (Lipinski definition) is 2. The fourth-order valence-electron chi connectivity index (χ4n) is 3.29. The van der Waals surface area contributed by atoms with E-state index in [4.69, 9.17) is 0 Å². The summed E-state index contributed by atoms with van der Waals surface area (Å²) in [7, 11) is -3.64. The Kier molecular flexibility index (Phi) is 5.98. The average molecular weight is 410 g/mol. The minimum atomic E-state index is -3.64. The van der Waals surface area contributed by atoms with E-state index in [9.17, 15) is 13.2 Å². The van der Waals surface area contributed by atoms with Gasteiger partial charge in [-0.05, 0) is 67.8 Å². The van der Waals surface area contributed by atoms with Crippen molar-refractivity contribution in [3.8, 4) is 0 Å². The largest absolute Gasteiger partial charge is 0.334 e. The zero-order chi connectivity index (χ0) is 21.0. The average Bonchev–Trinajstić information content (AvgIpc) is 2.66. The van der Waals surface area contributed by atoms with Crippen molar-refractivity contribution in [3.63, 3.8) is 0 Å². The van der Waals surface area contributed by atoms with Gasteiger partial charge in [0.2, 0.25) is 9.84 Å². The topological polar surface area (TPSA) is 88.2 Å². The molecule has 150 valence electrons. The van der Waals surface area contributed by atoms with E-state index < -0.39 is 9.84 Å². The zero-order valence-corrected chi connectivity index (χ0v) is 17.4. The number of benzene rings is 2. The Balaban J connectivity index is 1.72. The predicted octanol–water partition coefficient (Wildman–Crippen LogP) is 4.16. The van der Waals surface area contributed by atoms with Crippen molar-refractivity contribution in [1.29, 1.82) is 0 Å². The van der Waals surface area contributed by atoms with Crippen molar-refractivity contribution in [2.24, 2.45) is 0 Å². The first kappa shape index (κ1) is 20.5. The summed E-state index contributed by atoms with van der Waals surface area (Å²) in [5, 5.41) is 5.43. The number of amides is 2. The molecule has 6 nitrogen and oxygen atoms in total. The number of carbonyl (C=O) groups is 1. The smallest absolute Gasteiger partial charge is 0.319 e. The van der Waals surface area contributed by atoms with Crippen molar-refractivity contribution >= 4 is 21.6 Å². The van der Waals surface area contributed by atoms with Crippen LogP contribution < -0.4 is 10.6 Å². The fraction of sp³-hybridized carbons (Fsp3) is 0.182. The number of aryl methyl sites for hydroxylation is 3.